The lowest BCUT2D eigenvalue weighted by atomic mass is 10.3. The zero-order valence-electron chi connectivity index (χ0n) is 10.6. The Labute approximate surface area is 120 Å². The van der Waals surface area contributed by atoms with Crippen LogP contribution in [0.25, 0.3) is 0 Å². The summed E-state index contributed by atoms with van der Waals surface area (Å²) in [6.45, 7) is 0. The number of methoxy groups -OCH3 is 1. The summed E-state index contributed by atoms with van der Waals surface area (Å²) in [4.78, 5) is 0. The van der Waals surface area contributed by atoms with Crippen LogP contribution in [0.1, 0.15) is 0 Å². The third-order valence-corrected chi connectivity index (χ3v) is 2.73. The molecule has 2 aromatic carbocycles. The number of anilines is 2. The van der Waals surface area contributed by atoms with Gasteiger partial charge in [0.1, 0.15) is 17.4 Å². The van der Waals surface area contributed by atoms with Gasteiger partial charge >= 0.3 is 0 Å². The van der Waals surface area contributed by atoms with Crippen LogP contribution in [-0.4, -0.2) is 12.2 Å². The minimum absolute atomic E-state index is 0.0176. The van der Waals surface area contributed by atoms with Gasteiger partial charge in [-0.15, -0.1) is 0 Å². The van der Waals surface area contributed by atoms with Crippen LogP contribution in [-0.2, 0) is 0 Å². The van der Waals surface area contributed by atoms with Crippen molar-refractivity contribution in [2.24, 2.45) is 0 Å². The molecular weight excluding hydrogens is 282 g/mol. The fraction of sp³-hybridized carbons (Fsp3) is 0.0714. The van der Waals surface area contributed by atoms with Crippen LogP contribution in [0.5, 0.6) is 5.75 Å². The molecule has 0 saturated heterocycles. The quantitative estimate of drug-likeness (QED) is 0.844. The lowest BCUT2D eigenvalue weighted by molar-refractivity contribution is 0.415. The Morgan fingerprint density at radius 3 is 2.40 bits per heavy atom. The third-order valence-electron chi connectivity index (χ3n) is 2.52. The summed E-state index contributed by atoms with van der Waals surface area (Å²) in [7, 11) is 1.57. The molecule has 3 nitrogen and oxygen atoms in total. The smallest absolute Gasteiger partial charge is 0.175 e. The molecule has 6 heteroatoms. The molecule has 0 heterocycles. The third kappa shape index (κ3) is 3.64. The van der Waals surface area contributed by atoms with Gasteiger partial charge in [-0.3, -0.25) is 0 Å². The number of ether oxygens (including phenoxy) is 1. The molecule has 0 atom stereocenters. The van der Waals surface area contributed by atoms with Crippen LogP contribution in [0.3, 0.4) is 0 Å². The Balaban J connectivity index is 2.03. The average molecular weight is 294 g/mol. The van der Waals surface area contributed by atoms with Crippen molar-refractivity contribution in [1.82, 2.24) is 0 Å². The highest BCUT2D eigenvalue weighted by atomic mass is 32.1. The summed E-state index contributed by atoms with van der Waals surface area (Å²) in [5, 5.41) is 5.63. The van der Waals surface area contributed by atoms with Crippen molar-refractivity contribution in [3.05, 3.63) is 54.1 Å². The highest BCUT2D eigenvalue weighted by molar-refractivity contribution is 7.80. The van der Waals surface area contributed by atoms with E-state index in [1.54, 1.807) is 31.4 Å². The van der Waals surface area contributed by atoms with Gasteiger partial charge in [0.15, 0.2) is 5.11 Å². The Bertz CT molecular complexity index is 617. The maximum atomic E-state index is 13.4. The first-order valence-corrected chi connectivity index (χ1v) is 6.16. The van der Waals surface area contributed by atoms with Crippen molar-refractivity contribution in [1.29, 1.82) is 0 Å². The SMILES string of the molecule is COc1ccc(NC(=S)Nc2cc(F)ccc2F)cc1. The molecule has 0 aliphatic rings. The Hall–Kier alpha value is -2.21. The number of hydrogen-bond donors (Lipinski definition) is 2. The van der Waals surface area contributed by atoms with E-state index >= 15 is 0 Å². The fourth-order valence-corrected chi connectivity index (χ4v) is 1.78. The van der Waals surface area contributed by atoms with Gasteiger partial charge in [0.25, 0.3) is 0 Å². The molecular formula is C14H12F2N2OS. The molecule has 2 rings (SSSR count). The zero-order valence-corrected chi connectivity index (χ0v) is 11.4. The van der Waals surface area contributed by atoms with Gasteiger partial charge in [0.05, 0.1) is 12.8 Å². The van der Waals surface area contributed by atoms with Crippen molar-refractivity contribution in [3.63, 3.8) is 0 Å². The van der Waals surface area contributed by atoms with Crippen LogP contribution in [0.4, 0.5) is 20.2 Å². The van der Waals surface area contributed by atoms with E-state index in [1.807, 2.05) is 0 Å². The molecule has 0 radical (unpaired) electrons. The normalized spacial score (nSPS) is 9.95. The van der Waals surface area contributed by atoms with E-state index in [1.165, 1.54) is 0 Å². The van der Waals surface area contributed by atoms with Crippen molar-refractivity contribution in [2.75, 3.05) is 17.7 Å². The Morgan fingerprint density at radius 1 is 1.05 bits per heavy atom. The first kappa shape index (κ1) is 14.2. The first-order chi connectivity index (χ1) is 9.58. The van der Waals surface area contributed by atoms with E-state index < -0.39 is 11.6 Å². The van der Waals surface area contributed by atoms with E-state index in [-0.39, 0.29) is 10.8 Å². The topological polar surface area (TPSA) is 33.3 Å². The van der Waals surface area contributed by atoms with Crippen molar-refractivity contribution in [2.45, 2.75) is 0 Å². The van der Waals surface area contributed by atoms with Gasteiger partial charge in [-0.05, 0) is 48.6 Å². The number of thiocarbonyl (C=S) groups is 1. The van der Waals surface area contributed by atoms with Gasteiger partial charge in [0, 0.05) is 11.8 Å². The highest BCUT2D eigenvalue weighted by Crippen LogP contribution is 2.17. The summed E-state index contributed by atoms with van der Waals surface area (Å²) in [6.07, 6.45) is 0. The highest BCUT2D eigenvalue weighted by Gasteiger charge is 2.06. The molecule has 0 aliphatic heterocycles. The summed E-state index contributed by atoms with van der Waals surface area (Å²) in [6, 6.07) is 10.1. The fourth-order valence-electron chi connectivity index (χ4n) is 1.55. The number of rotatable bonds is 3. The average Bonchev–Trinajstić information content (AvgIpc) is 2.43. The molecule has 0 amide bonds. The van der Waals surface area contributed by atoms with E-state index in [2.05, 4.69) is 10.6 Å². The summed E-state index contributed by atoms with van der Waals surface area (Å²) in [5.74, 6) is -0.406. The molecule has 2 N–H and O–H groups in total. The lowest BCUT2D eigenvalue weighted by Gasteiger charge is -2.11. The van der Waals surface area contributed by atoms with Crippen LogP contribution >= 0.6 is 12.2 Å². The van der Waals surface area contributed by atoms with Crippen LogP contribution < -0.4 is 15.4 Å². The Kier molecular flexibility index (Phi) is 4.47. The standard InChI is InChI=1S/C14H12F2N2OS/c1-19-11-5-3-10(4-6-11)17-14(20)18-13-8-9(15)2-7-12(13)16/h2-8H,1H3,(H2,17,18,20). The van der Waals surface area contributed by atoms with Crippen LogP contribution in [0, 0.1) is 11.6 Å². The Morgan fingerprint density at radius 2 is 1.75 bits per heavy atom. The summed E-state index contributed by atoms with van der Waals surface area (Å²) < 4.78 is 31.5. The second kappa shape index (κ2) is 6.29. The number of benzene rings is 2. The molecule has 0 spiro atoms. The molecule has 20 heavy (non-hydrogen) atoms. The maximum Gasteiger partial charge on any atom is 0.175 e. The van der Waals surface area contributed by atoms with Gasteiger partial charge in [-0.25, -0.2) is 8.78 Å². The monoisotopic (exact) mass is 294 g/mol. The summed E-state index contributed by atoms with van der Waals surface area (Å²) in [5.41, 5.74) is 0.691. The van der Waals surface area contributed by atoms with Crippen molar-refractivity contribution >= 4 is 28.7 Å². The number of halogens is 2. The molecule has 0 aromatic heterocycles. The predicted molar refractivity (Wildman–Crippen MR) is 79.2 cm³/mol. The van der Waals surface area contributed by atoms with E-state index in [0.29, 0.717) is 11.4 Å². The molecule has 104 valence electrons. The van der Waals surface area contributed by atoms with Crippen molar-refractivity contribution in [3.8, 4) is 5.75 Å². The molecule has 0 aliphatic carbocycles. The zero-order chi connectivity index (χ0) is 14.5. The van der Waals surface area contributed by atoms with Gasteiger partial charge in [0.2, 0.25) is 0 Å². The minimum Gasteiger partial charge on any atom is -0.497 e. The first-order valence-electron chi connectivity index (χ1n) is 5.75. The number of hydrogen-bond acceptors (Lipinski definition) is 2. The van der Waals surface area contributed by atoms with E-state index in [9.17, 15) is 8.78 Å². The second-order valence-corrected chi connectivity index (χ2v) is 4.34. The van der Waals surface area contributed by atoms with Gasteiger partial charge < -0.3 is 15.4 Å². The second-order valence-electron chi connectivity index (χ2n) is 3.93. The van der Waals surface area contributed by atoms with Gasteiger partial charge in [-0.2, -0.15) is 0 Å². The van der Waals surface area contributed by atoms with Crippen molar-refractivity contribution < 1.29 is 13.5 Å². The predicted octanol–water partition coefficient (Wildman–Crippen LogP) is 3.78. The maximum absolute atomic E-state index is 13.4. The molecule has 0 fully saturated rings. The molecule has 0 bridgehead atoms. The van der Waals surface area contributed by atoms with E-state index in [4.69, 9.17) is 17.0 Å². The lowest BCUT2D eigenvalue weighted by Crippen LogP contribution is -2.19. The van der Waals surface area contributed by atoms with Gasteiger partial charge in [-0.1, -0.05) is 0 Å². The molecule has 2 aromatic rings. The van der Waals surface area contributed by atoms with Crippen LogP contribution in [0.2, 0.25) is 0 Å². The van der Waals surface area contributed by atoms with E-state index in [0.717, 1.165) is 18.2 Å². The number of nitrogens with one attached hydrogen (secondary N) is 2. The molecule has 0 saturated carbocycles. The van der Waals surface area contributed by atoms with Crippen LogP contribution in [0.15, 0.2) is 42.5 Å². The largest absolute Gasteiger partial charge is 0.497 e. The minimum atomic E-state index is -0.578. The molecule has 0 unspecified atom stereocenters. The summed E-state index contributed by atoms with van der Waals surface area (Å²) >= 11 is 5.04.